The molecule has 0 unspecified atom stereocenters. The molecule has 0 aliphatic rings. The van der Waals surface area contributed by atoms with Crippen molar-refractivity contribution in [3.8, 4) is 0 Å². The summed E-state index contributed by atoms with van der Waals surface area (Å²) in [6.07, 6.45) is 0. The van der Waals surface area contributed by atoms with E-state index in [1.54, 1.807) is 0 Å². The maximum Gasteiger partial charge on any atom is 0.180 e. The van der Waals surface area contributed by atoms with Crippen LogP contribution in [0.15, 0.2) is 18.2 Å². The summed E-state index contributed by atoms with van der Waals surface area (Å²) in [5.74, 6) is 3.57. The van der Waals surface area contributed by atoms with Gasteiger partial charge in [-0.1, -0.05) is 6.07 Å². The number of nitrogens with zero attached hydrogens (tertiary/aromatic N) is 1. The monoisotopic (exact) mass is 217 g/mol. The van der Waals surface area contributed by atoms with Crippen LogP contribution in [0.4, 0.5) is 8.78 Å². The predicted octanol–water partition coefficient (Wildman–Crippen LogP) is 0.884. The molecule has 0 aliphatic heterocycles. The van der Waals surface area contributed by atoms with Gasteiger partial charge in [-0.25, -0.2) is 14.6 Å². The third kappa shape index (κ3) is 2.61. The van der Waals surface area contributed by atoms with Crippen LogP contribution in [0.2, 0.25) is 0 Å². The van der Waals surface area contributed by atoms with Gasteiger partial charge in [0.25, 0.3) is 0 Å². The minimum absolute atomic E-state index is 0.00488. The van der Waals surface area contributed by atoms with Gasteiger partial charge in [0, 0.05) is 0 Å². The molecule has 0 radical (unpaired) electrons. The number of hydrazine groups is 1. The second kappa shape index (κ2) is 4.30. The van der Waals surface area contributed by atoms with Crippen molar-refractivity contribution in [2.24, 2.45) is 11.6 Å². The third-order valence-electron chi connectivity index (χ3n) is 1.62. The number of thiocarbonyl (C=S) groups is 1. The van der Waals surface area contributed by atoms with Gasteiger partial charge in [0.15, 0.2) is 16.7 Å². The molecule has 0 aliphatic carbocycles. The van der Waals surface area contributed by atoms with Gasteiger partial charge in [0.2, 0.25) is 0 Å². The van der Waals surface area contributed by atoms with Crippen molar-refractivity contribution in [1.82, 2.24) is 5.01 Å². The average Bonchev–Trinajstić information content (AvgIpc) is 2.11. The molecule has 76 valence electrons. The Balaban J connectivity index is 2.78. The van der Waals surface area contributed by atoms with Gasteiger partial charge in [-0.15, -0.1) is 0 Å². The Morgan fingerprint density at radius 2 is 2.00 bits per heavy atom. The minimum Gasteiger partial charge on any atom is -0.375 e. The van der Waals surface area contributed by atoms with Crippen molar-refractivity contribution >= 4 is 17.3 Å². The van der Waals surface area contributed by atoms with Crippen LogP contribution in [0, 0.1) is 11.6 Å². The highest BCUT2D eigenvalue weighted by molar-refractivity contribution is 7.80. The molecule has 3 nitrogen and oxygen atoms in total. The number of hydrogen-bond donors (Lipinski definition) is 2. The summed E-state index contributed by atoms with van der Waals surface area (Å²) < 4.78 is 25.3. The Hall–Kier alpha value is -1.27. The summed E-state index contributed by atoms with van der Waals surface area (Å²) in [7, 11) is 0. The van der Waals surface area contributed by atoms with Crippen molar-refractivity contribution in [3.05, 3.63) is 35.4 Å². The smallest absolute Gasteiger partial charge is 0.180 e. The van der Waals surface area contributed by atoms with E-state index >= 15 is 0 Å². The molecule has 0 saturated heterocycles. The molecule has 1 aromatic carbocycles. The van der Waals surface area contributed by atoms with E-state index in [4.69, 9.17) is 11.6 Å². The number of benzene rings is 1. The molecule has 1 rings (SSSR count). The van der Waals surface area contributed by atoms with Crippen LogP contribution in [0.5, 0.6) is 0 Å². The SMILES string of the molecule is NC(=S)N(N)Cc1ccc(F)c(F)c1. The van der Waals surface area contributed by atoms with Gasteiger partial charge in [0.05, 0.1) is 6.54 Å². The maximum absolute atomic E-state index is 12.7. The third-order valence-corrected chi connectivity index (χ3v) is 1.85. The highest BCUT2D eigenvalue weighted by Crippen LogP contribution is 2.09. The molecule has 0 amide bonds. The molecule has 1 aromatic rings. The van der Waals surface area contributed by atoms with Crippen LogP contribution in [-0.4, -0.2) is 10.1 Å². The predicted molar refractivity (Wildman–Crippen MR) is 52.9 cm³/mol. The van der Waals surface area contributed by atoms with E-state index in [0.717, 1.165) is 17.1 Å². The minimum atomic E-state index is -0.918. The van der Waals surface area contributed by atoms with E-state index in [0.29, 0.717) is 5.56 Å². The molecule has 0 heterocycles. The van der Waals surface area contributed by atoms with Crippen molar-refractivity contribution in [2.45, 2.75) is 6.54 Å². The Morgan fingerprint density at radius 3 is 2.50 bits per heavy atom. The molecule has 6 heteroatoms. The van der Waals surface area contributed by atoms with Crippen LogP contribution < -0.4 is 11.6 Å². The Morgan fingerprint density at radius 1 is 1.36 bits per heavy atom. The molecular weight excluding hydrogens is 208 g/mol. The van der Waals surface area contributed by atoms with Gasteiger partial charge in [-0.2, -0.15) is 0 Å². The topological polar surface area (TPSA) is 55.3 Å². The Bertz CT molecular complexity index is 356. The van der Waals surface area contributed by atoms with Crippen LogP contribution in [-0.2, 0) is 6.54 Å². The van der Waals surface area contributed by atoms with E-state index < -0.39 is 11.6 Å². The summed E-state index contributed by atoms with van der Waals surface area (Å²) in [4.78, 5) is 0. The standard InChI is InChI=1S/C8H9F2N3S/c9-6-2-1-5(3-7(6)10)4-13(12)8(11)14/h1-3H,4,12H2,(H2,11,14). The molecule has 14 heavy (non-hydrogen) atoms. The zero-order chi connectivity index (χ0) is 10.7. The quantitative estimate of drug-likeness (QED) is 0.439. The number of nitrogens with two attached hydrogens (primary N) is 2. The first-order chi connectivity index (χ1) is 6.50. The lowest BCUT2D eigenvalue weighted by Crippen LogP contribution is -2.40. The lowest BCUT2D eigenvalue weighted by atomic mass is 10.2. The fraction of sp³-hybridized carbons (Fsp3) is 0.125. The zero-order valence-corrected chi connectivity index (χ0v) is 8.02. The molecule has 0 saturated carbocycles. The van der Waals surface area contributed by atoms with Gasteiger partial charge in [0.1, 0.15) is 0 Å². The molecule has 0 aromatic heterocycles. The molecule has 0 spiro atoms. The van der Waals surface area contributed by atoms with Crippen LogP contribution in [0.1, 0.15) is 5.56 Å². The van der Waals surface area contributed by atoms with Crippen LogP contribution in [0.3, 0.4) is 0 Å². The van der Waals surface area contributed by atoms with E-state index in [1.807, 2.05) is 0 Å². The first kappa shape index (κ1) is 10.8. The summed E-state index contributed by atoms with van der Waals surface area (Å²) in [6, 6.07) is 3.49. The average molecular weight is 217 g/mol. The molecule has 0 fully saturated rings. The fourth-order valence-electron chi connectivity index (χ4n) is 0.913. The van der Waals surface area contributed by atoms with Gasteiger partial charge < -0.3 is 5.73 Å². The van der Waals surface area contributed by atoms with Crippen LogP contribution in [0.25, 0.3) is 0 Å². The Labute approximate surface area is 85.3 Å². The number of halogens is 2. The molecular formula is C8H9F2N3S. The second-order valence-corrected chi connectivity index (χ2v) is 3.13. The van der Waals surface area contributed by atoms with Crippen molar-refractivity contribution < 1.29 is 8.78 Å². The van der Waals surface area contributed by atoms with E-state index in [2.05, 4.69) is 12.2 Å². The van der Waals surface area contributed by atoms with E-state index in [1.165, 1.54) is 6.07 Å². The first-order valence-electron chi connectivity index (χ1n) is 3.76. The highest BCUT2D eigenvalue weighted by Gasteiger charge is 2.05. The highest BCUT2D eigenvalue weighted by atomic mass is 32.1. The molecule has 0 atom stereocenters. The number of rotatable bonds is 2. The summed E-state index contributed by atoms with van der Waals surface area (Å²) >= 11 is 4.59. The zero-order valence-electron chi connectivity index (χ0n) is 7.21. The largest absolute Gasteiger partial charge is 0.375 e. The lowest BCUT2D eigenvalue weighted by Gasteiger charge is -2.15. The summed E-state index contributed by atoms with van der Waals surface area (Å²) in [5.41, 5.74) is 5.72. The van der Waals surface area contributed by atoms with Crippen molar-refractivity contribution in [3.63, 3.8) is 0 Å². The van der Waals surface area contributed by atoms with Crippen LogP contribution >= 0.6 is 12.2 Å². The van der Waals surface area contributed by atoms with Crippen molar-refractivity contribution in [1.29, 1.82) is 0 Å². The van der Waals surface area contributed by atoms with E-state index in [-0.39, 0.29) is 11.7 Å². The maximum atomic E-state index is 12.7. The van der Waals surface area contributed by atoms with Gasteiger partial charge in [-0.3, -0.25) is 5.01 Å². The first-order valence-corrected chi connectivity index (χ1v) is 4.17. The fourth-order valence-corrected chi connectivity index (χ4v) is 0.977. The van der Waals surface area contributed by atoms with Gasteiger partial charge >= 0.3 is 0 Å². The molecule has 4 N–H and O–H groups in total. The Kier molecular flexibility index (Phi) is 3.32. The second-order valence-electron chi connectivity index (χ2n) is 2.71. The van der Waals surface area contributed by atoms with Crippen molar-refractivity contribution in [2.75, 3.05) is 0 Å². The molecule has 0 bridgehead atoms. The summed E-state index contributed by atoms with van der Waals surface area (Å²) in [6.45, 7) is 0.145. The van der Waals surface area contributed by atoms with E-state index in [9.17, 15) is 8.78 Å². The normalized spacial score (nSPS) is 9.93. The summed E-state index contributed by atoms with van der Waals surface area (Å²) in [5, 5.41) is 1.07. The lowest BCUT2D eigenvalue weighted by molar-refractivity contribution is 0.433. The number of hydrogen-bond acceptors (Lipinski definition) is 2. The van der Waals surface area contributed by atoms with Gasteiger partial charge in [-0.05, 0) is 29.9 Å².